The van der Waals surface area contributed by atoms with Gasteiger partial charge in [-0.2, -0.15) is 0 Å². The average molecular weight is 405 g/mol. The van der Waals surface area contributed by atoms with Crippen molar-refractivity contribution in [1.29, 1.82) is 0 Å². The van der Waals surface area contributed by atoms with Crippen molar-refractivity contribution in [1.82, 2.24) is 4.90 Å². The second-order valence-corrected chi connectivity index (χ2v) is 7.58. The zero-order valence-corrected chi connectivity index (χ0v) is 16.6. The van der Waals surface area contributed by atoms with Gasteiger partial charge in [0.1, 0.15) is 0 Å². The van der Waals surface area contributed by atoms with Crippen molar-refractivity contribution in [3.8, 4) is 0 Å². The first-order chi connectivity index (χ1) is 14.1. The number of rotatable bonds is 6. The average Bonchev–Trinajstić information content (AvgIpc) is 3.03. The highest BCUT2D eigenvalue weighted by molar-refractivity contribution is 6.31. The van der Waals surface area contributed by atoms with Gasteiger partial charge in [0.15, 0.2) is 0 Å². The molecule has 1 atom stereocenters. The normalized spacial score (nSPS) is 16.6. The van der Waals surface area contributed by atoms with Gasteiger partial charge in [0, 0.05) is 18.1 Å². The summed E-state index contributed by atoms with van der Waals surface area (Å²) in [6, 6.07) is 26.4. The summed E-state index contributed by atoms with van der Waals surface area (Å²) in [6.07, 6.45) is 0.158. The molecule has 2 amide bonds. The summed E-state index contributed by atoms with van der Waals surface area (Å²) >= 11 is 6.07. The number of hydrogen-bond acceptors (Lipinski definition) is 3. The number of imide groups is 1. The Morgan fingerprint density at radius 3 is 1.97 bits per heavy atom. The predicted octanol–water partition coefficient (Wildman–Crippen LogP) is 4.67. The molecule has 29 heavy (non-hydrogen) atoms. The Hall–Kier alpha value is -2.95. The molecule has 0 saturated carbocycles. The SMILES string of the molecule is O=C1CC(N(Cc2ccccc2)Cc2ccccc2)C(=O)N1c1cccc(Cl)c1. The summed E-state index contributed by atoms with van der Waals surface area (Å²) in [5.74, 6) is -0.405. The number of carbonyl (C=O) groups excluding carboxylic acids is 2. The summed E-state index contributed by atoms with van der Waals surface area (Å²) in [6.45, 7) is 1.17. The van der Waals surface area contributed by atoms with E-state index in [4.69, 9.17) is 11.6 Å². The van der Waals surface area contributed by atoms with Crippen molar-refractivity contribution >= 4 is 29.1 Å². The van der Waals surface area contributed by atoms with Crippen LogP contribution >= 0.6 is 11.6 Å². The van der Waals surface area contributed by atoms with E-state index in [1.165, 1.54) is 4.90 Å². The molecular weight excluding hydrogens is 384 g/mol. The number of hydrogen-bond donors (Lipinski definition) is 0. The van der Waals surface area contributed by atoms with Crippen LogP contribution in [0, 0.1) is 0 Å². The van der Waals surface area contributed by atoms with Crippen LogP contribution in [0.15, 0.2) is 84.9 Å². The number of halogens is 1. The molecular formula is C24H21ClN2O2. The molecule has 1 aliphatic heterocycles. The topological polar surface area (TPSA) is 40.6 Å². The van der Waals surface area contributed by atoms with Crippen LogP contribution in [-0.4, -0.2) is 22.8 Å². The number of amides is 2. The first kappa shape index (κ1) is 19.4. The molecule has 0 bridgehead atoms. The molecule has 4 rings (SSSR count). The van der Waals surface area contributed by atoms with Gasteiger partial charge in [-0.05, 0) is 29.3 Å². The van der Waals surface area contributed by atoms with Gasteiger partial charge in [0.25, 0.3) is 5.91 Å². The zero-order chi connectivity index (χ0) is 20.2. The Kier molecular flexibility index (Phi) is 5.74. The monoisotopic (exact) mass is 404 g/mol. The second-order valence-electron chi connectivity index (χ2n) is 7.14. The fourth-order valence-corrected chi connectivity index (χ4v) is 3.88. The van der Waals surface area contributed by atoms with Crippen LogP contribution in [0.4, 0.5) is 5.69 Å². The van der Waals surface area contributed by atoms with Crippen LogP contribution in [0.1, 0.15) is 17.5 Å². The smallest absolute Gasteiger partial charge is 0.251 e. The second kappa shape index (κ2) is 8.60. The fraction of sp³-hybridized carbons (Fsp3) is 0.167. The van der Waals surface area contributed by atoms with Crippen LogP contribution in [0.5, 0.6) is 0 Å². The van der Waals surface area contributed by atoms with E-state index in [9.17, 15) is 9.59 Å². The van der Waals surface area contributed by atoms with Crippen molar-refractivity contribution in [2.75, 3.05) is 4.90 Å². The maximum absolute atomic E-state index is 13.3. The third-order valence-electron chi connectivity index (χ3n) is 5.09. The van der Waals surface area contributed by atoms with Gasteiger partial charge in [0.05, 0.1) is 18.2 Å². The van der Waals surface area contributed by atoms with Crippen LogP contribution in [-0.2, 0) is 22.7 Å². The fourth-order valence-electron chi connectivity index (χ4n) is 3.70. The third-order valence-corrected chi connectivity index (χ3v) is 5.32. The molecule has 0 aromatic heterocycles. The van der Waals surface area contributed by atoms with E-state index in [0.717, 1.165) is 11.1 Å². The molecule has 5 heteroatoms. The van der Waals surface area contributed by atoms with Crippen molar-refractivity contribution in [3.05, 3.63) is 101 Å². The Morgan fingerprint density at radius 1 is 0.828 bits per heavy atom. The highest BCUT2D eigenvalue weighted by Gasteiger charge is 2.42. The summed E-state index contributed by atoms with van der Waals surface area (Å²) in [7, 11) is 0. The van der Waals surface area contributed by atoms with Crippen LogP contribution < -0.4 is 4.90 Å². The van der Waals surface area contributed by atoms with Gasteiger partial charge < -0.3 is 0 Å². The first-order valence-electron chi connectivity index (χ1n) is 9.56. The first-order valence-corrected chi connectivity index (χ1v) is 9.94. The van der Waals surface area contributed by atoms with Gasteiger partial charge >= 0.3 is 0 Å². The Morgan fingerprint density at radius 2 is 1.41 bits per heavy atom. The van der Waals surface area contributed by atoms with Gasteiger partial charge in [0.2, 0.25) is 5.91 Å². The quantitative estimate of drug-likeness (QED) is 0.560. The van der Waals surface area contributed by atoms with Crippen LogP contribution in [0.3, 0.4) is 0 Å². The van der Waals surface area contributed by atoms with Crippen LogP contribution in [0.2, 0.25) is 5.02 Å². The minimum Gasteiger partial charge on any atom is -0.283 e. The van der Waals surface area contributed by atoms with E-state index >= 15 is 0 Å². The molecule has 1 aliphatic rings. The number of carbonyl (C=O) groups is 2. The number of nitrogens with zero attached hydrogens (tertiary/aromatic N) is 2. The van der Waals surface area contributed by atoms with Crippen molar-refractivity contribution < 1.29 is 9.59 Å². The summed E-state index contributed by atoms with van der Waals surface area (Å²) in [5.41, 5.74) is 2.73. The lowest BCUT2D eigenvalue weighted by Gasteiger charge is -2.27. The molecule has 4 nitrogen and oxygen atoms in total. The lowest BCUT2D eigenvalue weighted by molar-refractivity contribution is -0.123. The molecule has 1 heterocycles. The van der Waals surface area contributed by atoms with Gasteiger partial charge in [-0.15, -0.1) is 0 Å². The Bertz CT molecular complexity index is 966. The highest BCUT2D eigenvalue weighted by atomic mass is 35.5. The number of benzene rings is 3. The van der Waals surface area contributed by atoms with Gasteiger partial charge in [-0.25, -0.2) is 4.90 Å². The Labute approximate surface area is 175 Å². The molecule has 1 fully saturated rings. The number of anilines is 1. The molecule has 1 saturated heterocycles. The summed E-state index contributed by atoms with van der Waals surface area (Å²) in [5, 5.41) is 0.497. The molecule has 1 unspecified atom stereocenters. The molecule has 0 spiro atoms. The molecule has 0 aliphatic carbocycles. The molecule has 0 radical (unpaired) electrons. The molecule has 3 aromatic carbocycles. The summed E-state index contributed by atoms with van der Waals surface area (Å²) in [4.78, 5) is 29.4. The van der Waals surface area contributed by atoms with E-state index in [1.54, 1.807) is 24.3 Å². The van der Waals surface area contributed by atoms with E-state index in [1.807, 2.05) is 60.7 Å². The standard InChI is InChI=1S/C24H21ClN2O2/c25-20-12-7-13-21(14-20)27-23(28)15-22(24(27)29)26(16-18-8-3-1-4-9-18)17-19-10-5-2-6-11-19/h1-14,22H,15-17H2. The van der Waals surface area contributed by atoms with Gasteiger partial charge in [-0.3, -0.25) is 14.5 Å². The van der Waals surface area contributed by atoms with Gasteiger partial charge in [-0.1, -0.05) is 78.3 Å². The van der Waals surface area contributed by atoms with E-state index in [-0.39, 0.29) is 18.2 Å². The van der Waals surface area contributed by atoms with Crippen molar-refractivity contribution in [3.63, 3.8) is 0 Å². The molecule has 146 valence electrons. The lowest BCUT2D eigenvalue weighted by Crippen LogP contribution is -2.41. The molecule has 3 aromatic rings. The summed E-state index contributed by atoms with van der Waals surface area (Å²) < 4.78 is 0. The minimum atomic E-state index is -0.512. The third kappa shape index (κ3) is 4.39. The van der Waals surface area contributed by atoms with Crippen molar-refractivity contribution in [2.24, 2.45) is 0 Å². The minimum absolute atomic E-state index is 0.158. The van der Waals surface area contributed by atoms with E-state index in [0.29, 0.717) is 23.8 Å². The largest absolute Gasteiger partial charge is 0.283 e. The predicted molar refractivity (Wildman–Crippen MR) is 114 cm³/mol. The Balaban J connectivity index is 1.63. The zero-order valence-electron chi connectivity index (χ0n) is 15.9. The maximum atomic E-state index is 13.3. The molecule has 0 N–H and O–H groups in total. The van der Waals surface area contributed by atoms with E-state index in [2.05, 4.69) is 4.90 Å². The highest BCUT2D eigenvalue weighted by Crippen LogP contribution is 2.29. The maximum Gasteiger partial charge on any atom is 0.251 e. The van der Waals surface area contributed by atoms with E-state index < -0.39 is 6.04 Å². The van der Waals surface area contributed by atoms with Crippen LogP contribution in [0.25, 0.3) is 0 Å². The van der Waals surface area contributed by atoms with Crippen molar-refractivity contribution in [2.45, 2.75) is 25.6 Å². The lowest BCUT2D eigenvalue weighted by atomic mass is 10.1.